The van der Waals surface area contributed by atoms with Crippen molar-refractivity contribution >= 4 is 18.6 Å². The van der Waals surface area contributed by atoms with Crippen LogP contribution in [0.4, 0.5) is 0 Å². The number of fused-ring (bicyclic) bond motifs is 1. The molecule has 0 unspecified atom stereocenters. The molecule has 0 spiro atoms. The van der Waals surface area contributed by atoms with E-state index in [4.69, 9.17) is 0 Å². The first kappa shape index (κ1) is 12.9. The number of aryl methyl sites for hydroxylation is 1. The maximum absolute atomic E-state index is 11.2. The Balaban J connectivity index is 2.19. The molecule has 9 nitrogen and oxygen atoms in total. The van der Waals surface area contributed by atoms with Crippen LogP contribution in [0.1, 0.15) is 11.1 Å². The lowest BCUT2D eigenvalue weighted by atomic mass is 10.1. The summed E-state index contributed by atoms with van der Waals surface area (Å²) in [5, 5.41) is 13.4. The number of H-pyrrole nitrogens is 2. The summed E-state index contributed by atoms with van der Waals surface area (Å²) in [7, 11) is -4.17. The topological polar surface area (TPSA) is 141 Å². The maximum Gasteiger partial charge on any atom is 0.330 e. The van der Waals surface area contributed by atoms with Crippen molar-refractivity contribution in [3.05, 3.63) is 23.3 Å². The first-order chi connectivity index (χ1) is 9.44. The fourth-order valence-electron chi connectivity index (χ4n) is 2.01. The van der Waals surface area contributed by atoms with Crippen LogP contribution in [0, 0.1) is 6.92 Å². The van der Waals surface area contributed by atoms with Gasteiger partial charge in [-0.1, -0.05) is 6.07 Å². The number of aromatic nitrogens is 6. The monoisotopic (exact) mass is 294 g/mol. The van der Waals surface area contributed by atoms with E-state index in [9.17, 15) is 14.4 Å². The molecule has 10 heteroatoms. The second kappa shape index (κ2) is 4.48. The zero-order valence-electron chi connectivity index (χ0n) is 10.4. The third-order valence-corrected chi connectivity index (χ3v) is 3.64. The number of nitrogens with one attached hydrogen (secondary N) is 2. The van der Waals surface area contributed by atoms with E-state index in [1.165, 1.54) is 0 Å². The Morgan fingerprint density at radius 3 is 2.80 bits per heavy atom. The van der Waals surface area contributed by atoms with Gasteiger partial charge in [-0.3, -0.25) is 4.57 Å². The minimum Gasteiger partial charge on any atom is -0.335 e. The summed E-state index contributed by atoms with van der Waals surface area (Å²) in [6, 6.07) is 3.58. The van der Waals surface area contributed by atoms with E-state index in [-0.39, 0.29) is 6.16 Å². The summed E-state index contributed by atoms with van der Waals surface area (Å²) in [6.07, 6.45) is -0.354. The molecule has 2 aromatic heterocycles. The van der Waals surface area contributed by atoms with Gasteiger partial charge in [0.25, 0.3) is 0 Å². The zero-order chi connectivity index (χ0) is 14.3. The molecule has 0 radical (unpaired) electrons. The average Bonchev–Trinajstić information content (AvgIpc) is 2.99. The van der Waals surface area contributed by atoms with Crippen molar-refractivity contribution < 1.29 is 14.4 Å². The van der Waals surface area contributed by atoms with Gasteiger partial charge in [0, 0.05) is 0 Å². The summed E-state index contributed by atoms with van der Waals surface area (Å²) in [6.45, 7) is 1.78. The smallest absolute Gasteiger partial charge is 0.330 e. The lowest BCUT2D eigenvalue weighted by Crippen LogP contribution is -1.93. The summed E-state index contributed by atoms with van der Waals surface area (Å²) in [4.78, 5) is 25.7. The highest BCUT2D eigenvalue weighted by Gasteiger charge is 2.20. The van der Waals surface area contributed by atoms with Gasteiger partial charge in [-0.2, -0.15) is 5.21 Å². The minimum absolute atomic E-state index is 0.293. The van der Waals surface area contributed by atoms with Crippen molar-refractivity contribution in [2.24, 2.45) is 0 Å². The van der Waals surface area contributed by atoms with Gasteiger partial charge in [0.2, 0.25) is 5.82 Å². The van der Waals surface area contributed by atoms with Crippen LogP contribution in [0.25, 0.3) is 22.7 Å². The van der Waals surface area contributed by atoms with Crippen molar-refractivity contribution in [1.82, 2.24) is 30.6 Å². The van der Waals surface area contributed by atoms with Gasteiger partial charge in [-0.15, -0.1) is 10.2 Å². The van der Waals surface area contributed by atoms with Gasteiger partial charge < -0.3 is 14.8 Å². The normalized spacial score (nSPS) is 12.2. The Hall–Kier alpha value is -2.09. The molecule has 1 aromatic carbocycles. The maximum atomic E-state index is 11.2. The van der Waals surface area contributed by atoms with Crippen molar-refractivity contribution in [1.29, 1.82) is 0 Å². The minimum atomic E-state index is -4.17. The van der Waals surface area contributed by atoms with Gasteiger partial charge in [0.15, 0.2) is 5.82 Å². The van der Waals surface area contributed by atoms with E-state index < -0.39 is 7.60 Å². The predicted octanol–water partition coefficient (Wildman–Crippen LogP) is 0.729. The molecule has 0 fully saturated rings. The van der Waals surface area contributed by atoms with E-state index >= 15 is 0 Å². The highest BCUT2D eigenvalue weighted by molar-refractivity contribution is 7.50. The molecule has 0 bridgehead atoms. The van der Waals surface area contributed by atoms with Gasteiger partial charge in [-0.25, -0.2) is 4.98 Å². The molecule has 0 aliphatic carbocycles. The Morgan fingerprint density at radius 1 is 1.35 bits per heavy atom. The highest BCUT2D eigenvalue weighted by Crippen LogP contribution is 2.41. The second-order valence-electron chi connectivity index (χ2n) is 4.40. The van der Waals surface area contributed by atoms with E-state index in [1.54, 1.807) is 19.1 Å². The largest absolute Gasteiger partial charge is 0.335 e. The highest BCUT2D eigenvalue weighted by atomic mass is 31.2. The van der Waals surface area contributed by atoms with Crippen molar-refractivity contribution in [2.45, 2.75) is 13.1 Å². The van der Waals surface area contributed by atoms with Gasteiger partial charge in [-0.05, 0) is 29.3 Å². The third kappa shape index (κ3) is 2.34. The van der Waals surface area contributed by atoms with Gasteiger partial charge >= 0.3 is 7.60 Å². The molecule has 3 rings (SSSR count). The molecule has 0 aliphatic heterocycles. The molecule has 4 N–H and O–H groups in total. The standard InChI is InChI=1S/C10H11N6O3P/c1-5-2-3-7-8(6(5)4-20(17,18)19)12-9(11-7)10-13-15-16-14-10/h2-3H,4H2,1H3,(H,11,12)(H2,17,18,19)(H,13,14,15,16). The molecule has 0 aliphatic rings. The summed E-state index contributed by atoms with van der Waals surface area (Å²) >= 11 is 0. The van der Waals surface area contributed by atoms with Crippen LogP contribution in [-0.4, -0.2) is 40.4 Å². The Labute approximate surface area is 112 Å². The molecule has 0 saturated heterocycles. The fraction of sp³-hybridized carbons (Fsp3) is 0.200. The van der Waals surface area contributed by atoms with Crippen LogP contribution in [0.2, 0.25) is 0 Å². The first-order valence-corrected chi connectivity index (χ1v) is 7.50. The zero-order valence-corrected chi connectivity index (χ0v) is 11.3. The van der Waals surface area contributed by atoms with E-state index in [0.717, 1.165) is 5.56 Å². The van der Waals surface area contributed by atoms with Crippen LogP contribution in [-0.2, 0) is 10.7 Å². The molecule has 3 aromatic rings. The van der Waals surface area contributed by atoms with Gasteiger partial charge in [0.05, 0.1) is 17.2 Å². The number of nitrogens with zero attached hydrogens (tertiary/aromatic N) is 4. The van der Waals surface area contributed by atoms with Crippen molar-refractivity contribution in [3.63, 3.8) is 0 Å². The Kier molecular flexibility index (Phi) is 2.89. The summed E-state index contributed by atoms with van der Waals surface area (Å²) < 4.78 is 11.2. The third-order valence-electron chi connectivity index (χ3n) is 2.91. The lowest BCUT2D eigenvalue weighted by Gasteiger charge is -2.07. The van der Waals surface area contributed by atoms with Crippen LogP contribution in [0.3, 0.4) is 0 Å². The molecule has 0 saturated carbocycles. The molecular weight excluding hydrogens is 283 g/mol. The molecule has 104 valence electrons. The van der Waals surface area contributed by atoms with Crippen molar-refractivity contribution in [3.8, 4) is 11.6 Å². The lowest BCUT2D eigenvalue weighted by molar-refractivity contribution is 0.372. The number of hydrogen-bond acceptors (Lipinski definition) is 5. The fourth-order valence-corrected chi connectivity index (χ4v) is 2.82. The van der Waals surface area contributed by atoms with Crippen LogP contribution < -0.4 is 0 Å². The van der Waals surface area contributed by atoms with Crippen LogP contribution >= 0.6 is 7.60 Å². The second-order valence-corrected chi connectivity index (χ2v) is 6.05. The van der Waals surface area contributed by atoms with Crippen LogP contribution in [0.5, 0.6) is 0 Å². The molecule has 0 atom stereocenters. The van der Waals surface area contributed by atoms with Gasteiger partial charge in [0.1, 0.15) is 0 Å². The van der Waals surface area contributed by atoms with E-state index in [0.29, 0.717) is 28.2 Å². The molecule has 20 heavy (non-hydrogen) atoms. The summed E-state index contributed by atoms with van der Waals surface area (Å²) in [5.74, 6) is 0.687. The predicted molar refractivity (Wildman–Crippen MR) is 69.8 cm³/mol. The number of imidazole rings is 1. The first-order valence-electron chi connectivity index (χ1n) is 5.70. The average molecular weight is 294 g/mol. The molecular formula is C10H11N6O3P. The quantitative estimate of drug-likeness (QED) is 0.522. The number of hydrogen-bond donors (Lipinski definition) is 4. The summed E-state index contributed by atoms with van der Waals surface area (Å²) in [5.41, 5.74) is 2.46. The Morgan fingerprint density at radius 2 is 2.15 bits per heavy atom. The van der Waals surface area contributed by atoms with E-state index in [1.807, 2.05) is 0 Å². The van der Waals surface area contributed by atoms with Crippen LogP contribution in [0.15, 0.2) is 12.1 Å². The number of benzene rings is 1. The number of aromatic amines is 2. The molecule has 2 heterocycles. The SMILES string of the molecule is Cc1ccc2[nH]c(-c3nn[nH]n3)nc2c1CP(=O)(O)O. The van der Waals surface area contributed by atoms with Crippen molar-refractivity contribution in [2.75, 3.05) is 0 Å². The molecule has 0 amide bonds. The number of tetrazole rings is 1. The Bertz CT molecular complexity index is 806. The number of rotatable bonds is 3. The van der Waals surface area contributed by atoms with E-state index in [2.05, 4.69) is 30.6 Å².